The van der Waals surface area contributed by atoms with Gasteiger partial charge in [0.1, 0.15) is 0 Å². The molecule has 0 spiro atoms. The highest BCUT2D eigenvalue weighted by Gasteiger charge is 2.13. The first-order valence-electron chi connectivity index (χ1n) is 7.38. The number of hydrogen-bond acceptors (Lipinski definition) is 4. The molecule has 2 heterocycles. The maximum absolute atomic E-state index is 12.1. The number of halogens is 1. The van der Waals surface area contributed by atoms with Gasteiger partial charge < -0.3 is 11.1 Å². The number of H-pyrrole nitrogens is 1. The largest absolute Gasteiger partial charge is 0.324 e. The third-order valence-corrected chi connectivity index (χ3v) is 3.79. The monoisotopic (exact) mass is 341 g/mol. The Morgan fingerprint density at radius 2 is 1.92 bits per heavy atom. The lowest BCUT2D eigenvalue weighted by atomic mass is 10.0. The Bertz CT molecular complexity index is 817. The fourth-order valence-electron chi connectivity index (χ4n) is 2.29. The predicted octanol–water partition coefficient (Wildman–Crippen LogP) is 3.15. The van der Waals surface area contributed by atoms with Crippen molar-refractivity contribution in [3.05, 3.63) is 65.4 Å². The number of carbonyl (C=O) groups is 1. The summed E-state index contributed by atoms with van der Waals surface area (Å²) in [5.41, 5.74) is 8.65. The molecule has 2 aromatic heterocycles. The van der Waals surface area contributed by atoms with Gasteiger partial charge in [-0.3, -0.25) is 14.9 Å². The fourth-order valence-corrected chi connectivity index (χ4v) is 2.41. The zero-order chi connectivity index (χ0) is 16.9. The van der Waals surface area contributed by atoms with Gasteiger partial charge in [-0.2, -0.15) is 5.10 Å². The van der Waals surface area contributed by atoms with Crippen molar-refractivity contribution in [3.63, 3.8) is 0 Å². The Kier molecular flexibility index (Phi) is 4.88. The first-order valence-corrected chi connectivity index (χ1v) is 7.76. The van der Waals surface area contributed by atoms with Crippen LogP contribution >= 0.6 is 11.6 Å². The number of rotatable bonds is 5. The summed E-state index contributed by atoms with van der Waals surface area (Å²) in [6.45, 7) is 0. The van der Waals surface area contributed by atoms with Crippen LogP contribution in [0.4, 0.5) is 5.82 Å². The van der Waals surface area contributed by atoms with Crippen LogP contribution in [0.25, 0.3) is 11.3 Å². The number of pyridine rings is 1. The molecule has 1 atom stereocenters. The molecular weight excluding hydrogens is 326 g/mol. The molecule has 0 bridgehead atoms. The van der Waals surface area contributed by atoms with E-state index in [0.29, 0.717) is 10.8 Å². The van der Waals surface area contributed by atoms with E-state index in [-0.39, 0.29) is 12.3 Å². The Balaban J connectivity index is 1.61. The molecule has 7 heteroatoms. The molecule has 3 aromatic rings. The molecule has 0 aliphatic rings. The lowest BCUT2D eigenvalue weighted by Gasteiger charge is -2.11. The van der Waals surface area contributed by atoms with Crippen LogP contribution in [0.2, 0.25) is 5.02 Å². The van der Waals surface area contributed by atoms with Crippen molar-refractivity contribution in [3.8, 4) is 11.3 Å². The van der Waals surface area contributed by atoms with Crippen molar-refractivity contribution >= 4 is 23.3 Å². The average molecular weight is 342 g/mol. The lowest BCUT2D eigenvalue weighted by molar-refractivity contribution is -0.116. The van der Waals surface area contributed by atoms with Crippen LogP contribution in [-0.4, -0.2) is 21.1 Å². The van der Waals surface area contributed by atoms with Gasteiger partial charge >= 0.3 is 0 Å². The lowest BCUT2D eigenvalue weighted by Crippen LogP contribution is -2.20. The van der Waals surface area contributed by atoms with Gasteiger partial charge in [-0.25, -0.2) is 0 Å². The quantitative estimate of drug-likeness (QED) is 0.664. The second kappa shape index (κ2) is 7.25. The fraction of sp³-hybridized carbons (Fsp3) is 0.118. The Labute approximate surface area is 144 Å². The highest BCUT2D eigenvalue weighted by atomic mass is 35.5. The molecule has 24 heavy (non-hydrogen) atoms. The number of nitrogens with two attached hydrogens (primary N) is 1. The van der Waals surface area contributed by atoms with Crippen LogP contribution in [0.15, 0.2) is 54.9 Å². The van der Waals surface area contributed by atoms with Crippen molar-refractivity contribution in [2.75, 3.05) is 5.32 Å². The molecule has 0 saturated heterocycles. The van der Waals surface area contributed by atoms with E-state index in [0.717, 1.165) is 16.8 Å². The normalized spacial score (nSPS) is 11.9. The summed E-state index contributed by atoms with van der Waals surface area (Å²) in [4.78, 5) is 16.1. The van der Waals surface area contributed by atoms with E-state index in [1.54, 1.807) is 30.6 Å². The summed E-state index contributed by atoms with van der Waals surface area (Å²) >= 11 is 5.85. The molecule has 6 nitrogen and oxygen atoms in total. The summed E-state index contributed by atoms with van der Waals surface area (Å²) in [6.07, 6.45) is 3.54. The van der Waals surface area contributed by atoms with E-state index in [9.17, 15) is 4.79 Å². The molecule has 0 aliphatic heterocycles. The van der Waals surface area contributed by atoms with E-state index in [2.05, 4.69) is 20.5 Å². The van der Waals surface area contributed by atoms with Crippen molar-refractivity contribution in [2.45, 2.75) is 12.5 Å². The van der Waals surface area contributed by atoms with Crippen LogP contribution < -0.4 is 11.1 Å². The topological polar surface area (TPSA) is 96.7 Å². The van der Waals surface area contributed by atoms with Crippen molar-refractivity contribution in [1.82, 2.24) is 15.2 Å². The standard InChI is InChI=1S/C17H16ClN5O/c18-13-3-1-11(2-4-13)14(19)9-17(24)21-16-10-15(22-23-16)12-5-7-20-8-6-12/h1-8,10,14H,9,19H2,(H2,21,22,23,24)/t14-/m0/s1. The van der Waals surface area contributed by atoms with Gasteiger partial charge in [0.25, 0.3) is 0 Å². The number of amides is 1. The number of nitrogens with zero attached hydrogens (tertiary/aromatic N) is 2. The maximum atomic E-state index is 12.1. The third-order valence-electron chi connectivity index (χ3n) is 3.54. The predicted molar refractivity (Wildman–Crippen MR) is 93.4 cm³/mol. The molecule has 122 valence electrons. The Hall–Kier alpha value is -2.70. The first kappa shape index (κ1) is 16.2. The molecule has 1 aromatic carbocycles. The molecule has 1 amide bonds. The molecule has 4 N–H and O–H groups in total. The molecule has 0 unspecified atom stereocenters. The van der Waals surface area contributed by atoms with E-state index in [4.69, 9.17) is 17.3 Å². The van der Waals surface area contributed by atoms with E-state index in [1.165, 1.54) is 0 Å². The zero-order valence-electron chi connectivity index (χ0n) is 12.7. The van der Waals surface area contributed by atoms with E-state index in [1.807, 2.05) is 24.3 Å². The second-order valence-electron chi connectivity index (χ2n) is 5.31. The summed E-state index contributed by atoms with van der Waals surface area (Å²) in [7, 11) is 0. The van der Waals surface area contributed by atoms with Gasteiger partial charge in [-0.05, 0) is 29.8 Å². The van der Waals surface area contributed by atoms with Gasteiger partial charge in [0.2, 0.25) is 5.91 Å². The van der Waals surface area contributed by atoms with Crippen molar-refractivity contribution in [1.29, 1.82) is 0 Å². The molecule has 0 fully saturated rings. The van der Waals surface area contributed by atoms with E-state index < -0.39 is 6.04 Å². The van der Waals surface area contributed by atoms with Gasteiger partial charge in [0.05, 0.1) is 5.69 Å². The van der Waals surface area contributed by atoms with Crippen LogP contribution in [-0.2, 0) is 4.79 Å². The summed E-state index contributed by atoms with van der Waals surface area (Å²) in [5.74, 6) is 0.250. The highest BCUT2D eigenvalue weighted by molar-refractivity contribution is 6.30. The third kappa shape index (κ3) is 3.98. The van der Waals surface area contributed by atoms with Crippen LogP contribution in [0.3, 0.4) is 0 Å². The maximum Gasteiger partial charge on any atom is 0.227 e. The van der Waals surface area contributed by atoms with Gasteiger partial charge in [0.15, 0.2) is 5.82 Å². The average Bonchev–Trinajstić information content (AvgIpc) is 3.04. The second-order valence-corrected chi connectivity index (χ2v) is 5.75. The first-order chi connectivity index (χ1) is 11.6. The minimum absolute atomic E-state index is 0.152. The molecular formula is C17H16ClN5O. The molecule has 0 radical (unpaired) electrons. The number of benzene rings is 1. The summed E-state index contributed by atoms with van der Waals surface area (Å²) in [5, 5.41) is 10.3. The van der Waals surface area contributed by atoms with Crippen molar-refractivity contribution < 1.29 is 4.79 Å². The van der Waals surface area contributed by atoms with Crippen LogP contribution in [0, 0.1) is 0 Å². The van der Waals surface area contributed by atoms with Crippen LogP contribution in [0.5, 0.6) is 0 Å². The number of aromatic nitrogens is 3. The smallest absolute Gasteiger partial charge is 0.227 e. The zero-order valence-corrected chi connectivity index (χ0v) is 13.5. The number of anilines is 1. The van der Waals surface area contributed by atoms with E-state index >= 15 is 0 Å². The van der Waals surface area contributed by atoms with Gasteiger partial charge in [-0.15, -0.1) is 0 Å². The van der Waals surface area contributed by atoms with Crippen LogP contribution in [0.1, 0.15) is 18.0 Å². The minimum Gasteiger partial charge on any atom is -0.324 e. The minimum atomic E-state index is -0.402. The number of carbonyl (C=O) groups excluding carboxylic acids is 1. The number of aromatic amines is 1. The number of nitrogens with one attached hydrogen (secondary N) is 2. The van der Waals surface area contributed by atoms with Gasteiger partial charge in [-0.1, -0.05) is 23.7 Å². The molecule has 3 rings (SSSR count). The Morgan fingerprint density at radius 3 is 2.62 bits per heavy atom. The Morgan fingerprint density at radius 1 is 1.21 bits per heavy atom. The summed E-state index contributed by atoms with van der Waals surface area (Å²) in [6, 6.07) is 12.2. The molecule has 0 saturated carbocycles. The summed E-state index contributed by atoms with van der Waals surface area (Å²) < 4.78 is 0. The van der Waals surface area contributed by atoms with Gasteiger partial charge in [0, 0.05) is 41.5 Å². The highest BCUT2D eigenvalue weighted by Crippen LogP contribution is 2.20. The SMILES string of the molecule is N[C@@H](CC(=O)Nc1cc(-c2ccncc2)[nH]n1)c1ccc(Cl)cc1. The molecule has 0 aliphatic carbocycles. The van der Waals surface area contributed by atoms with Crippen molar-refractivity contribution in [2.24, 2.45) is 5.73 Å². The number of hydrogen-bond donors (Lipinski definition) is 3.